The van der Waals surface area contributed by atoms with Gasteiger partial charge in [-0.05, 0) is 57.1 Å². The molecule has 2 unspecified atom stereocenters. The number of aliphatic hydroxyl groups is 1. The number of nitrogens with zero attached hydrogens (tertiary/aromatic N) is 3. The molecule has 0 saturated carbocycles. The molecule has 500 valence electrons. The molecule has 0 aliphatic carbocycles. The van der Waals surface area contributed by atoms with E-state index in [9.17, 15) is 72.5 Å². The lowest BCUT2D eigenvalue weighted by atomic mass is 10.0. The molecule has 3 aliphatic rings. The molecule has 1 aromatic heterocycles. The van der Waals surface area contributed by atoms with Gasteiger partial charge in [0.25, 0.3) is 0 Å². The molecular formula is C52H78N20O15S4. The molecular weight excluding hydrogens is 1270 g/mol. The highest BCUT2D eigenvalue weighted by atomic mass is 33.1. The number of amides is 12. The first-order valence-electron chi connectivity index (χ1n) is 28.6. The lowest BCUT2D eigenvalue weighted by molar-refractivity contribution is -0.146. The van der Waals surface area contributed by atoms with Gasteiger partial charge in [0.1, 0.15) is 66.5 Å². The summed E-state index contributed by atoms with van der Waals surface area (Å²) in [6, 6.07) is -10.5. The highest BCUT2D eigenvalue weighted by Crippen LogP contribution is 2.27. The summed E-state index contributed by atoms with van der Waals surface area (Å²) in [5, 5.41) is 46.2. The average molecular weight is 1350 g/mol. The van der Waals surface area contributed by atoms with Gasteiger partial charge in [0.15, 0.2) is 11.9 Å². The third-order valence-electron chi connectivity index (χ3n) is 14.2. The van der Waals surface area contributed by atoms with E-state index < -0.39 is 169 Å². The lowest BCUT2D eigenvalue weighted by Gasteiger charge is -2.30. The van der Waals surface area contributed by atoms with Crippen molar-refractivity contribution in [3.63, 3.8) is 0 Å². The van der Waals surface area contributed by atoms with E-state index >= 15 is 0 Å². The van der Waals surface area contributed by atoms with Crippen LogP contribution in [0.25, 0.3) is 10.9 Å². The summed E-state index contributed by atoms with van der Waals surface area (Å²) in [6.45, 7) is -0.723. The highest BCUT2D eigenvalue weighted by Gasteiger charge is 2.42. The number of hydrogen-bond donors (Lipinski definition) is 19. The van der Waals surface area contributed by atoms with E-state index in [0.717, 1.165) is 48.1 Å². The maximum Gasteiger partial charge on any atom is 0.305 e. The van der Waals surface area contributed by atoms with E-state index in [4.69, 9.17) is 34.4 Å². The fraction of sp³-hybridized carbons (Fsp3) is 0.558. The lowest BCUT2D eigenvalue weighted by Crippen LogP contribution is -2.61. The number of carbonyl (C=O) groups excluding carboxylic acids is 12. The number of hydrogen-bond acceptors (Lipinski definition) is 21. The van der Waals surface area contributed by atoms with Crippen LogP contribution in [0.5, 0.6) is 0 Å². The number of aliphatic carboxylic acids is 1. The summed E-state index contributed by atoms with van der Waals surface area (Å²) in [6.07, 6.45) is 0.298. The van der Waals surface area contributed by atoms with Crippen molar-refractivity contribution in [1.82, 2.24) is 63.1 Å². The number of primary amides is 1. The number of fused-ring (bicyclic) bond motifs is 10. The maximum absolute atomic E-state index is 14.7. The molecule has 0 radical (unpaired) electrons. The summed E-state index contributed by atoms with van der Waals surface area (Å²) in [5.74, 6) is -15.7. The Hall–Kier alpha value is -8.27. The van der Waals surface area contributed by atoms with Crippen LogP contribution in [0.1, 0.15) is 57.4 Å². The number of aliphatic imine (C=N–C) groups is 2. The molecule has 3 fully saturated rings. The largest absolute Gasteiger partial charge is 0.481 e. The molecule has 5 rings (SSSR count). The Balaban J connectivity index is 1.66. The van der Waals surface area contributed by atoms with Crippen LogP contribution in [0.15, 0.2) is 40.4 Å². The molecule has 39 heteroatoms. The summed E-state index contributed by atoms with van der Waals surface area (Å²) in [4.78, 5) is 194. The van der Waals surface area contributed by atoms with Crippen LogP contribution in [0.4, 0.5) is 0 Å². The van der Waals surface area contributed by atoms with Crippen LogP contribution in [-0.4, -0.2) is 231 Å². The Morgan fingerprint density at radius 2 is 1.15 bits per heavy atom. The van der Waals surface area contributed by atoms with Gasteiger partial charge in [-0.25, -0.2) is 0 Å². The number of rotatable bonds is 16. The Labute approximate surface area is 536 Å². The number of benzene rings is 1. The second kappa shape index (κ2) is 36.5. The zero-order chi connectivity index (χ0) is 66.9. The first kappa shape index (κ1) is 73.5. The number of guanidine groups is 2. The number of aliphatic hydroxyl groups excluding tert-OH is 1. The zero-order valence-corrected chi connectivity index (χ0v) is 52.7. The number of H-pyrrole nitrogens is 1. The minimum Gasteiger partial charge on any atom is -0.481 e. The second-order valence-corrected chi connectivity index (χ2v) is 26.1. The third kappa shape index (κ3) is 23.2. The van der Waals surface area contributed by atoms with Gasteiger partial charge in [0.2, 0.25) is 70.9 Å². The third-order valence-corrected chi connectivity index (χ3v) is 19.0. The van der Waals surface area contributed by atoms with Crippen molar-refractivity contribution < 1.29 is 72.5 Å². The van der Waals surface area contributed by atoms with Gasteiger partial charge in [-0.15, -0.1) is 0 Å². The van der Waals surface area contributed by atoms with Gasteiger partial charge in [-0.2, -0.15) is 0 Å². The van der Waals surface area contributed by atoms with Crippen LogP contribution in [0.2, 0.25) is 0 Å². The van der Waals surface area contributed by atoms with Crippen LogP contribution < -0.4 is 87.6 Å². The molecule has 11 atom stereocenters. The maximum atomic E-state index is 14.7. The number of aromatic amines is 1. The molecule has 2 aromatic rings. The number of nitrogens with one attached hydrogen (secondary N) is 11. The van der Waals surface area contributed by atoms with Crippen LogP contribution >= 0.6 is 43.2 Å². The fourth-order valence-electron chi connectivity index (χ4n) is 9.39. The smallest absolute Gasteiger partial charge is 0.305 e. The van der Waals surface area contributed by atoms with Crippen LogP contribution in [-0.2, 0) is 68.7 Å². The molecule has 1 aromatic carbocycles. The van der Waals surface area contributed by atoms with E-state index in [1.54, 1.807) is 30.5 Å². The number of nitrogens with two attached hydrogens (primary N) is 6. The van der Waals surface area contributed by atoms with Gasteiger partial charge in [-0.1, -0.05) is 61.4 Å². The normalized spacial score (nSPS) is 26.1. The standard InChI is InChI=1S/C52H78N20O15S4/c1-24-41(78)66-30(15-25-18-61-27-8-3-2-7-26(25)27)44(81)64-28(9-4-12-59-51(55)56)42(79)69-33(40(54)77)20-88-90-23-36-48(85)68-32(19-73)45(82)67-31(16-39(75)76)50(87)72-14-6-11-37(72)49(86)65-29(10-5-13-60-52(57)58)43(80)70-35(46(83)62-24)22-91-89-21-34(47(84)71-36)63-38(74)17-53/h2-3,7-8,18,24,28-37,61,73H,4-6,9-17,19-23,53H2,1H3,(H2,54,77)(H,62,83)(H,63,74)(H,64,81)(H,65,86)(H,66,78)(H,67,82)(H,68,85)(H,69,79)(H,70,80)(H,71,84)(H,75,76)(H4,55,56,59)(H4,57,58,60)/t24-,28-,29?,30-,31?,32-,33-,34-,35-,36-,37-/m0/s1. The van der Waals surface area contributed by atoms with E-state index in [-0.39, 0.29) is 93.8 Å². The van der Waals surface area contributed by atoms with Crippen molar-refractivity contribution in [1.29, 1.82) is 0 Å². The van der Waals surface area contributed by atoms with E-state index in [1.165, 1.54) is 6.92 Å². The minimum absolute atomic E-state index is 0.0125. The second-order valence-electron chi connectivity index (χ2n) is 21.0. The minimum atomic E-state index is -1.94. The molecule has 3 aliphatic heterocycles. The molecule has 3 saturated heterocycles. The number of para-hydroxylation sites is 1. The molecule has 12 amide bonds. The van der Waals surface area contributed by atoms with Gasteiger partial charge in [0.05, 0.1) is 19.6 Å². The molecule has 2 bridgehead atoms. The monoisotopic (exact) mass is 1350 g/mol. The Morgan fingerprint density at radius 1 is 0.626 bits per heavy atom. The van der Waals surface area contributed by atoms with Gasteiger partial charge < -0.3 is 108 Å². The number of carboxylic acids is 1. The number of carbonyl (C=O) groups is 13. The molecule has 0 spiro atoms. The van der Waals surface area contributed by atoms with Crippen molar-refractivity contribution >= 4 is 143 Å². The SMILES string of the molecule is C[C@@H]1NC(=O)[C@@H]2CSSC[C@H](NC(=O)CN)C(=O)N[C@@H](CSSC[C@@H](C(N)=O)NC(=O)[C@H](CCCN=C(N)N)NC(=O)[C@H](Cc3c[nH]c4ccccc34)NC1=O)C(=O)N[C@@H](CO)C(=O)NC(CC(=O)O)C(=O)N1CCC[C@H]1C(=O)NC(CCCN=C(N)N)C(=O)N2. The van der Waals surface area contributed by atoms with Crippen molar-refractivity contribution in [3.05, 3.63) is 36.0 Å². The topological polar surface area (TPSA) is 583 Å². The fourth-order valence-corrected chi connectivity index (χ4v) is 14.1. The van der Waals surface area contributed by atoms with Crippen molar-refractivity contribution in [3.8, 4) is 0 Å². The van der Waals surface area contributed by atoms with Crippen LogP contribution in [0.3, 0.4) is 0 Å². The van der Waals surface area contributed by atoms with Crippen molar-refractivity contribution in [2.75, 3.05) is 55.8 Å². The van der Waals surface area contributed by atoms with Crippen LogP contribution in [0, 0.1) is 0 Å². The van der Waals surface area contributed by atoms with Gasteiger partial charge in [0, 0.05) is 66.2 Å². The molecule has 35 nitrogen and oxygen atoms in total. The van der Waals surface area contributed by atoms with Gasteiger partial charge in [-0.3, -0.25) is 72.3 Å². The summed E-state index contributed by atoms with van der Waals surface area (Å²) in [7, 11) is 3.46. The zero-order valence-electron chi connectivity index (χ0n) is 49.4. The predicted molar refractivity (Wildman–Crippen MR) is 339 cm³/mol. The number of aromatic nitrogens is 1. The summed E-state index contributed by atoms with van der Waals surface area (Å²) in [5.41, 5.74) is 34.8. The Kier molecular flexibility index (Phi) is 29.5. The first-order valence-corrected chi connectivity index (χ1v) is 33.6. The predicted octanol–water partition coefficient (Wildman–Crippen LogP) is -7.62. The average Bonchev–Trinajstić information content (AvgIpc) is 1.86. The molecule has 25 N–H and O–H groups in total. The van der Waals surface area contributed by atoms with E-state index in [2.05, 4.69) is 68.1 Å². The first-order chi connectivity index (χ1) is 43.3. The summed E-state index contributed by atoms with van der Waals surface area (Å²) >= 11 is 0. The van der Waals surface area contributed by atoms with E-state index in [1.807, 2.05) is 0 Å². The van der Waals surface area contributed by atoms with E-state index in [0.29, 0.717) is 16.5 Å². The quantitative estimate of drug-likeness (QED) is 0.0321. The highest BCUT2D eigenvalue weighted by molar-refractivity contribution is 8.77. The summed E-state index contributed by atoms with van der Waals surface area (Å²) < 4.78 is 0. The van der Waals surface area contributed by atoms with Crippen molar-refractivity contribution in [2.45, 2.75) is 125 Å². The van der Waals surface area contributed by atoms with Gasteiger partial charge >= 0.3 is 5.97 Å². The Morgan fingerprint density at radius 3 is 1.76 bits per heavy atom. The molecule has 4 heterocycles. The Bertz CT molecular complexity index is 3040. The number of carboxylic acid groups (broad SMARTS) is 1. The molecule has 91 heavy (non-hydrogen) atoms. The van der Waals surface area contributed by atoms with Crippen molar-refractivity contribution in [2.24, 2.45) is 44.4 Å².